The van der Waals surface area contributed by atoms with E-state index in [-0.39, 0.29) is 17.7 Å². The normalized spacial score (nSPS) is 17.4. The molecule has 2 rings (SSSR count). The number of hydrogen-bond acceptors (Lipinski definition) is 3. The lowest BCUT2D eigenvalue weighted by atomic mass is 10.2. The van der Waals surface area contributed by atoms with Crippen molar-refractivity contribution in [2.45, 2.75) is 45.7 Å². The van der Waals surface area contributed by atoms with Crippen molar-refractivity contribution in [2.24, 2.45) is 5.92 Å². The summed E-state index contributed by atoms with van der Waals surface area (Å²) in [5.41, 5.74) is 7.37. The molecule has 0 unspecified atom stereocenters. The minimum atomic E-state index is -3.18. The number of nitrogens with two attached hydrogens (primary N) is 1. The fraction of sp³-hybridized carbons (Fsp3) is 0.600. The second-order valence-corrected chi connectivity index (χ2v) is 7.78. The van der Waals surface area contributed by atoms with E-state index in [9.17, 15) is 8.42 Å². The molecule has 0 heterocycles. The first-order chi connectivity index (χ1) is 9.42. The van der Waals surface area contributed by atoms with Crippen LogP contribution in [-0.2, 0) is 16.6 Å². The summed E-state index contributed by atoms with van der Waals surface area (Å²) in [6.07, 6.45) is 2.85. The lowest BCUT2D eigenvalue weighted by Gasteiger charge is -2.23. The Labute approximate surface area is 122 Å². The van der Waals surface area contributed by atoms with Gasteiger partial charge in [-0.15, -0.1) is 0 Å². The summed E-state index contributed by atoms with van der Waals surface area (Å²) in [7, 11) is -3.18. The first kappa shape index (κ1) is 15.3. The largest absolute Gasteiger partial charge is 0.399 e. The monoisotopic (exact) mass is 296 g/mol. The van der Waals surface area contributed by atoms with E-state index in [0.29, 0.717) is 12.2 Å². The molecule has 0 spiro atoms. The van der Waals surface area contributed by atoms with Crippen molar-refractivity contribution in [3.05, 3.63) is 29.8 Å². The van der Waals surface area contributed by atoms with Gasteiger partial charge in [0.15, 0.2) is 0 Å². The van der Waals surface area contributed by atoms with Gasteiger partial charge in [0.2, 0.25) is 10.0 Å². The topological polar surface area (TPSA) is 63.4 Å². The van der Waals surface area contributed by atoms with Gasteiger partial charge in [-0.05, 0) is 36.5 Å². The highest BCUT2D eigenvalue weighted by Crippen LogP contribution is 2.31. The average molecular weight is 296 g/mol. The van der Waals surface area contributed by atoms with E-state index in [2.05, 4.69) is 0 Å². The van der Waals surface area contributed by atoms with Crippen molar-refractivity contribution in [3.63, 3.8) is 0 Å². The smallest absolute Gasteiger partial charge is 0.214 e. The molecule has 5 heteroatoms. The van der Waals surface area contributed by atoms with Gasteiger partial charge in [0.05, 0.1) is 5.75 Å². The van der Waals surface area contributed by atoms with Gasteiger partial charge in [0, 0.05) is 18.3 Å². The molecule has 1 aliphatic carbocycles. The minimum absolute atomic E-state index is 0.196. The van der Waals surface area contributed by atoms with Crippen LogP contribution in [0, 0.1) is 5.92 Å². The summed E-state index contributed by atoms with van der Waals surface area (Å²) < 4.78 is 26.8. The van der Waals surface area contributed by atoms with Crippen LogP contribution in [-0.4, -0.2) is 24.5 Å². The Morgan fingerprint density at radius 3 is 2.40 bits per heavy atom. The van der Waals surface area contributed by atoms with Gasteiger partial charge >= 0.3 is 0 Å². The van der Waals surface area contributed by atoms with Gasteiger partial charge in [-0.2, -0.15) is 4.31 Å². The van der Waals surface area contributed by atoms with E-state index < -0.39 is 10.0 Å². The molecule has 0 aliphatic heterocycles. The van der Waals surface area contributed by atoms with Gasteiger partial charge in [0.1, 0.15) is 0 Å². The van der Waals surface area contributed by atoms with Crippen molar-refractivity contribution in [3.8, 4) is 0 Å². The van der Waals surface area contributed by atoms with Crippen molar-refractivity contribution in [2.75, 3.05) is 11.5 Å². The van der Waals surface area contributed by atoms with Crippen molar-refractivity contribution < 1.29 is 8.42 Å². The van der Waals surface area contributed by atoms with Crippen LogP contribution >= 0.6 is 0 Å². The number of sulfonamides is 1. The SMILES string of the molecule is CC[C@@H](C)CS(=O)(=O)N(Cc1ccc(N)cc1)C1CC1. The Kier molecular flexibility index (Phi) is 4.70. The number of nitrogens with zero attached hydrogens (tertiary/aromatic N) is 1. The van der Waals surface area contributed by atoms with Crippen LogP contribution < -0.4 is 5.73 Å². The molecular weight excluding hydrogens is 272 g/mol. The van der Waals surface area contributed by atoms with Crippen LogP contribution in [0.2, 0.25) is 0 Å². The van der Waals surface area contributed by atoms with Crippen molar-refractivity contribution in [1.82, 2.24) is 4.31 Å². The Hall–Kier alpha value is -1.07. The molecule has 0 saturated heterocycles. The minimum Gasteiger partial charge on any atom is -0.399 e. The second kappa shape index (κ2) is 6.14. The highest BCUT2D eigenvalue weighted by Gasteiger charge is 2.37. The van der Waals surface area contributed by atoms with E-state index >= 15 is 0 Å². The van der Waals surface area contributed by atoms with E-state index in [4.69, 9.17) is 5.73 Å². The predicted octanol–water partition coefficient (Wildman–Crippen LogP) is 2.61. The van der Waals surface area contributed by atoms with Crippen molar-refractivity contribution in [1.29, 1.82) is 0 Å². The molecule has 0 radical (unpaired) electrons. The first-order valence-corrected chi connectivity index (χ1v) is 8.87. The first-order valence-electron chi connectivity index (χ1n) is 7.26. The maximum Gasteiger partial charge on any atom is 0.214 e. The van der Waals surface area contributed by atoms with Crippen LogP contribution in [0.4, 0.5) is 5.69 Å². The molecular formula is C15H24N2O2S. The van der Waals surface area contributed by atoms with Gasteiger partial charge in [-0.3, -0.25) is 0 Å². The molecule has 1 aromatic carbocycles. The molecule has 1 aromatic rings. The third kappa shape index (κ3) is 3.96. The zero-order chi connectivity index (χ0) is 14.8. The molecule has 0 bridgehead atoms. The molecule has 112 valence electrons. The number of benzene rings is 1. The summed E-state index contributed by atoms with van der Waals surface area (Å²) in [6, 6.07) is 7.65. The Morgan fingerprint density at radius 1 is 1.30 bits per heavy atom. The third-order valence-electron chi connectivity index (χ3n) is 3.82. The zero-order valence-corrected chi connectivity index (χ0v) is 13.1. The fourth-order valence-electron chi connectivity index (χ4n) is 2.19. The van der Waals surface area contributed by atoms with E-state index in [1.165, 1.54) is 0 Å². The molecule has 1 atom stereocenters. The quantitative estimate of drug-likeness (QED) is 0.787. The van der Waals surface area contributed by atoms with Crippen LogP contribution in [0.1, 0.15) is 38.7 Å². The molecule has 1 saturated carbocycles. The van der Waals surface area contributed by atoms with E-state index in [1.807, 2.05) is 38.1 Å². The van der Waals surface area contributed by atoms with Gasteiger partial charge in [-0.25, -0.2) is 8.42 Å². The molecule has 1 fully saturated rings. The highest BCUT2D eigenvalue weighted by molar-refractivity contribution is 7.89. The lowest BCUT2D eigenvalue weighted by Crippen LogP contribution is -2.36. The predicted molar refractivity (Wildman–Crippen MR) is 82.7 cm³/mol. The van der Waals surface area contributed by atoms with E-state index in [0.717, 1.165) is 24.8 Å². The maximum atomic E-state index is 12.6. The number of rotatable bonds is 7. The standard InChI is InChI=1S/C15H24N2O2S/c1-3-12(2)11-20(18,19)17(15-8-9-15)10-13-4-6-14(16)7-5-13/h4-7,12,15H,3,8-11,16H2,1-2H3/t12-/m1/s1. The van der Waals surface area contributed by atoms with Crippen LogP contribution in [0.25, 0.3) is 0 Å². The highest BCUT2D eigenvalue weighted by atomic mass is 32.2. The molecule has 4 nitrogen and oxygen atoms in total. The Balaban J connectivity index is 2.13. The van der Waals surface area contributed by atoms with Gasteiger partial charge in [0.25, 0.3) is 0 Å². The Morgan fingerprint density at radius 2 is 1.90 bits per heavy atom. The average Bonchev–Trinajstić information content (AvgIpc) is 3.21. The van der Waals surface area contributed by atoms with Gasteiger partial charge in [-0.1, -0.05) is 32.4 Å². The number of anilines is 1. The molecule has 0 amide bonds. The summed E-state index contributed by atoms with van der Waals surface area (Å²) in [5.74, 6) is 0.447. The van der Waals surface area contributed by atoms with Crippen LogP contribution in [0.15, 0.2) is 24.3 Å². The molecule has 0 aromatic heterocycles. The zero-order valence-electron chi connectivity index (χ0n) is 12.2. The van der Waals surface area contributed by atoms with Crippen LogP contribution in [0.3, 0.4) is 0 Å². The fourth-order valence-corrected chi connectivity index (χ4v) is 4.35. The third-order valence-corrected chi connectivity index (χ3v) is 5.95. The molecule has 1 aliphatic rings. The second-order valence-electron chi connectivity index (χ2n) is 5.81. The van der Waals surface area contributed by atoms with E-state index in [1.54, 1.807) is 4.31 Å². The van der Waals surface area contributed by atoms with Gasteiger partial charge < -0.3 is 5.73 Å². The summed E-state index contributed by atoms with van der Waals surface area (Å²) >= 11 is 0. The lowest BCUT2D eigenvalue weighted by molar-refractivity contribution is 0.393. The Bertz CT molecular complexity index is 535. The molecule has 2 N–H and O–H groups in total. The maximum absolute atomic E-state index is 12.6. The summed E-state index contributed by atoms with van der Waals surface area (Å²) in [5, 5.41) is 0. The summed E-state index contributed by atoms with van der Waals surface area (Å²) in [4.78, 5) is 0. The van der Waals surface area contributed by atoms with Crippen molar-refractivity contribution >= 4 is 15.7 Å². The van der Waals surface area contributed by atoms with Crippen LogP contribution in [0.5, 0.6) is 0 Å². The number of hydrogen-bond donors (Lipinski definition) is 1. The molecule has 20 heavy (non-hydrogen) atoms. The number of nitrogen functional groups attached to an aromatic ring is 1. The summed E-state index contributed by atoms with van der Waals surface area (Å²) in [6.45, 7) is 4.48.